The summed E-state index contributed by atoms with van der Waals surface area (Å²) in [5.74, 6) is 0.580. The van der Waals surface area contributed by atoms with Crippen LogP contribution in [0.5, 0.6) is 0 Å². The van der Waals surface area contributed by atoms with Gasteiger partial charge in [-0.2, -0.15) is 4.25 Å². The molecule has 0 aromatic carbocycles. The summed E-state index contributed by atoms with van der Waals surface area (Å²) in [6.07, 6.45) is 0.667. The van der Waals surface area contributed by atoms with Crippen LogP contribution in [0.25, 0.3) is 0 Å². The number of amides is 1. The SMILES string of the molecule is CCC(C)[N@@+]1(P(=O)(O)OC)CCSC1=O. The molecule has 1 aliphatic heterocycles. The molecule has 0 aliphatic carbocycles. The molecule has 3 atom stereocenters. The third-order valence-electron chi connectivity index (χ3n) is 2.98. The molecule has 0 bridgehead atoms. The number of carbonyl (C=O) groups is 1. The van der Waals surface area contributed by atoms with Gasteiger partial charge >= 0.3 is 13.0 Å². The number of hydrogen-bond donors (Lipinski definition) is 1. The molecule has 2 unspecified atom stereocenters. The number of quaternary nitrogens is 1. The summed E-state index contributed by atoms with van der Waals surface area (Å²) >= 11 is 1.11. The Balaban J connectivity index is 3.19. The normalized spacial score (nSPS) is 32.7. The van der Waals surface area contributed by atoms with Crippen LogP contribution in [0.1, 0.15) is 20.3 Å². The van der Waals surface area contributed by atoms with E-state index in [1.807, 2.05) is 13.8 Å². The van der Waals surface area contributed by atoms with Gasteiger partial charge in [0.2, 0.25) is 0 Å². The molecule has 1 saturated heterocycles. The van der Waals surface area contributed by atoms with Crippen molar-refractivity contribution in [1.82, 2.24) is 0 Å². The molecule has 0 aromatic heterocycles. The van der Waals surface area contributed by atoms with Crippen LogP contribution in [0.4, 0.5) is 4.79 Å². The Hall–Kier alpha value is 0.130. The van der Waals surface area contributed by atoms with Crippen LogP contribution >= 0.6 is 19.5 Å². The van der Waals surface area contributed by atoms with Gasteiger partial charge < -0.3 is 0 Å². The number of hydrogen-bond acceptors (Lipinski definition) is 4. The minimum atomic E-state index is -3.91. The molecule has 1 amide bonds. The smallest absolute Gasteiger partial charge is 0.278 e. The van der Waals surface area contributed by atoms with Gasteiger partial charge in [0.1, 0.15) is 12.6 Å². The zero-order valence-electron chi connectivity index (χ0n) is 9.17. The molecular formula is C8H17NO4PS+. The van der Waals surface area contributed by atoms with E-state index in [4.69, 9.17) is 0 Å². The number of carbonyl (C=O) groups excluding carboxylic acids is 1. The molecule has 0 radical (unpaired) electrons. The van der Waals surface area contributed by atoms with Crippen molar-refractivity contribution >= 4 is 24.7 Å². The van der Waals surface area contributed by atoms with E-state index in [2.05, 4.69) is 4.52 Å². The molecule has 88 valence electrons. The molecule has 7 heteroatoms. The van der Waals surface area contributed by atoms with Crippen LogP contribution in [0.15, 0.2) is 0 Å². The zero-order chi connectivity index (χ0) is 11.7. The molecule has 0 saturated carbocycles. The van der Waals surface area contributed by atoms with Crippen molar-refractivity contribution in [1.29, 1.82) is 0 Å². The van der Waals surface area contributed by atoms with Crippen LogP contribution < -0.4 is 0 Å². The molecule has 1 aliphatic rings. The molecule has 0 spiro atoms. The lowest BCUT2D eigenvalue weighted by molar-refractivity contribution is -0.755. The summed E-state index contributed by atoms with van der Waals surface area (Å²) in [5, 5.41) is -0.253. The highest BCUT2D eigenvalue weighted by molar-refractivity contribution is 8.13. The second-order valence-electron chi connectivity index (χ2n) is 3.60. The fourth-order valence-electron chi connectivity index (χ4n) is 1.80. The lowest BCUT2D eigenvalue weighted by Gasteiger charge is -2.36. The predicted octanol–water partition coefficient (Wildman–Crippen LogP) is 2.22. The van der Waals surface area contributed by atoms with Gasteiger partial charge in [0.25, 0.3) is 0 Å². The van der Waals surface area contributed by atoms with Crippen LogP contribution in [0, 0.1) is 0 Å². The Kier molecular flexibility index (Phi) is 4.01. The highest BCUT2D eigenvalue weighted by Gasteiger charge is 2.60. The highest BCUT2D eigenvalue weighted by atomic mass is 32.2. The molecule has 1 N–H and O–H groups in total. The minimum absolute atomic E-state index is 0.191. The van der Waals surface area contributed by atoms with Gasteiger partial charge in [0.15, 0.2) is 0 Å². The predicted molar refractivity (Wildman–Crippen MR) is 59.6 cm³/mol. The topological polar surface area (TPSA) is 63.6 Å². The maximum Gasteiger partial charge on any atom is 0.537 e. The van der Waals surface area contributed by atoms with Gasteiger partial charge in [-0.3, -0.25) is 9.42 Å². The summed E-state index contributed by atoms with van der Waals surface area (Å²) in [5.41, 5.74) is 0. The van der Waals surface area contributed by atoms with Crippen molar-refractivity contribution in [3.63, 3.8) is 0 Å². The molecule has 1 rings (SSSR count). The number of rotatable bonds is 4. The minimum Gasteiger partial charge on any atom is -0.278 e. The first-order valence-electron chi connectivity index (χ1n) is 4.86. The maximum absolute atomic E-state index is 12.0. The summed E-state index contributed by atoms with van der Waals surface area (Å²) in [6.45, 7) is 4.09. The maximum atomic E-state index is 12.0. The van der Waals surface area contributed by atoms with E-state index in [1.165, 1.54) is 7.11 Å². The van der Waals surface area contributed by atoms with Crippen molar-refractivity contribution in [2.45, 2.75) is 26.3 Å². The first-order valence-corrected chi connectivity index (χ1v) is 7.38. The number of nitrogens with zero attached hydrogens (tertiary/aromatic N) is 1. The lowest BCUT2D eigenvalue weighted by atomic mass is 10.2. The van der Waals surface area contributed by atoms with Crippen molar-refractivity contribution in [3.05, 3.63) is 0 Å². The van der Waals surface area contributed by atoms with Crippen LogP contribution in [0.3, 0.4) is 0 Å². The van der Waals surface area contributed by atoms with E-state index >= 15 is 0 Å². The summed E-state index contributed by atoms with van der Waals surface area (Å²) in [4.78, 5) is 21.6. The average Bonchev–Trinajstić information content (AvgIpc) is 2.60. The Bertz CT molecular complexity index is 311. The van der Waals surface area contributed by atoms with E-state index in [0.29, 0.717) is 18.7 Å². The molecule has 1 fully saturated rings. The fourth-order valence-corrected chi connectivity index (χ4v) is 4.98. The van der Waals surface area contributed by atoms with Crippen molar-refractivity contribution in [3.8, 4) is 0 Å². The third-order valence-corrected chi connectivity index (χ3v) is 6.23. The van der Waals surface area contributed by atoms with Gasteiger partial charge in [-0.1, -0.05) is 6.92 Å². The van der Waals surface area contributed by atoms with Gasteiger partial charge in [0.05, 0.1) is 12.9 Å². The van der Waals surface area contributed by atoms with Gasteiger partial charge in [-0.25, -0.2) is 9.36 Å². The molecule has 1 heterocycles. The molecular weight excluding hydrogens is 237 g/mol. The summed E-state index contributed by atoms with van der Waals surface area (Å²) < 4.78 is 16.2. The lowest BCUT2D eigenvalue weighted by Crippen LogP contribution is -2.51. The third kappa shape index (κ3) is 1.89. The standard InChI is InChI=1S/C8H16NO4PS/c1-4-7(2)9(14(11,12)13-3)5-6-15-8(9)10/h7H,4-6H2,1-3H3/p+1/t7?,9-/m0/s1. The van der Waals surface area contributed by atoms with Crippen molar-refractivity contribution in [2.75, 3.05) is 19.4 Å². The highest BCUT2D eigenvalue weighted by Crippen LogP contribution is 2.58. The van der Waals surface area contributed by atoms with E-state index in [9.17, 15) is 14.3 Å². The van der Waals surface area contributed by atoms with Crippen molar-refractivity contribution < 1.29 is 23.0 Å². The fraction of sp³-hybridized carbons (Fsp3) is 0.875. The Morgan fingerprint density at radius 2 is 2.33 bits per heavy atom. The summed E-state index contributed by atoms with van der Waals surface area (Å²) in [6, 6.07) is -0.191. The van der Waals surface area contributed by atoms with E-state index in [-0.39, 0.29) is 11.3 Å². The molecule has 5 nitrogen and oxygen atoms in total. The van der Waals surface area contributed by atoms with Crippen molar-refractivity contribution in [2.24, 2.45) is 0 Å². The number of thioether (sulfide) groups is 1. The van der Waals surface area contributed by atoms with Gasteiger partial charge in [0, 0.05) is 0 Å². The Morgan fingerprint density at radius 1 is 1.73 bits per heavy atom. The van der Waals surface area contributed by atoms with Crippen LogP contribution in [-0.4, -0.2) is 39.8 Å². The average molecular weight is 254 g/mol. The summed E-state index contributed by atoms with van der Waals surface area (Å²) in [7, 11) is -2.73. The van der Waals surface area contributed by atoms with Gasteiger partial charge in [-0.05, 0) is 25.1 Å². The van der Waals surface area contributed by atoms with E-state index in [0.717, 1.165) is 11.8 Å². The quantitative estimate of drug-likeness (QED) is 0.779. The molecule has 15 heavy (non-hydrogen) atoms. The Morgan fingerprint density at radius 3 is 2.67 bits per heavy atom. The first kappa shape index (κ1) is 13.2. The van der Waals surface area contributed by atoms with Crippen LogP contribution in [-0.2, 0) is 9.09 Å². The second kappa shape index (κ2) is 4.55. The second-order valence-corrected chi connectivity index (χ2v) is 6.70. The van der Waals surface area contributed by atoms with Crippen LogP contribution in [0.2, 0.25) is 0 Å². The van der Waals surface area contributed by atoms with Gasteiger partial charge in [-0.15, -0.1) is 0 Å². The van der Waals surface area contributed by atoms with E-state index in [1.54, 1.807) is 0 Å². The first-order chi connectivity index (χ1) is 6.92. The zero-order valence-corrected chi connectivity index (χ0v) is 10.9. The Labute approximate surface area is 94.0 Å². The largest absolute Gasteiger partial charge is 0.537 e. The monoisotopic (exact) mass is 254 g/mol. The van der Waals surface area contributed by atoms with E-state index < -0.39 is 12.0 Å². The molecule has 0 aromatic rings.